The van der Waals surface area contributed by atoms with E-state index in [0.29, 0.717) is 5.65 Å². The minimum Gasteiger partial charge on any atom is -0.449 e. The summed E-state index contributed by atoms with van der Waals surface area (Å²) in [7, 11) is -0.654. The van der Waals surface area contributed by atoms with Crippen molar-refractivity contribution in [1.82, 2.24) is 20.5 Å². The van der Waals surface area contributed by atoms with Crippen LogP contribution in [0.1, 0.15) is 50.4 Å². The van der Waals surface area contributed by atoms with Gasteiger partial charge in [0.25, 0.3) is 0 Å². The maximum Gasteiger partial charge on any atom is 0.492 e. The molecule has 2 aromatic heterocycles. The molecule has 4 aromatic rings. The summed E-state index contributed by atoms with van der Waals surface area (Å²) in [6, 6.07) is 20.4. The Morgan fingerprint density at radius 1 is 1.00 bits per heavy atom. The highest BCUT2D eigenvalue weighted by atomic mass is 16.7. The smallest absolute Gasteiger partial charge is 0.449 e. The Morgan fingerprint density at radius 2 is 1.64 bits per heavy atom. The quantitative estimate of drug-likeness (QED) is 0.324. The zero-order chi connectivity index (χ0) is 27.2. The van der Waals surface area contributed by atoms with E-state index in [1.165, 1.54) is 22.3 Å². The number of fused-ring (bicyclic) bond motifs is 4. The number of hydrogen-bond acceptors (Lipinski definition) is 6. The molecular weight excluding hydrogens is 491 g/mol. The lowest BCUT2D eigenvalue weighted by Gasteiger charge is -2.32. The van der Waals surface area contributed by atoms with E-state index in [1.807, 2.05) is 70.2 Å². The van der Waals surface area contributed by atoms with Gasteiger partial charge in [0.05, 0.1) is 16.9 Å². The van der Waals surface area contributed by atoms with E-state index in [9.17, 15) is 4.79 Å². The molecule has 0 atom stereocenters. The lowest BCUT2D eigenvalue weighted by molar-refractivity contribution is 0.00578. The molecule has 3 heterocycles. The summed E-state index contributed by atoms with van der Waals surface area (Å²) >= 11 is 0. The predicted octanol–water partition coefficient (Wildman–Crippen LogP) is 5.51. The van der Waals surface area contributed by atoms with Gasteiger partial charge in [-0.05, 0) is 73.6 Å². The van der Waals surface area contributed by atoms with Crippen LogP contribution in [0, 0.1) is 0 Å². The first kappa shape index (κ1) is 25.3. The van der Waals surface area contributed by atoms with Crippen molar-refractivity contribution in [2.45, 2.75) is 44.8 Å². The van der Waals surface area contributed by atoms with Gasteiger partial charge < -0.3 is 19.4 Å². The molecule has 2 aliphatic rings. The van der Waals surface area contributed by atoms with E-state index in [2.05, 4.69) is 44.8 Å². The van der Waals surface area contributed by atoms with Crippen molar-refractivity contribution in [3.8, 4) is 11.1 Å². The molecule has 1 aliphatic heterocycles. The second-order valence-electron chi connectivity index (χ2n) is 11.0. The lowest BCUT2D eigenvalue weighted by Crippen LogP contribution is -2.41. The highest BCUT2D eigenvalue weighted by Crippen LogP contribution is 2.44. The Bertz CT molecular complexity index is 1520. The number of amides is 1. The van der Waals surface area contributed by atoms with E-state index in [-0.39, 0.29) is 19.1 Å². The SMILES string of the molecule is CC1(C)OB(C(=Cc2[nH]nc3ncccc23)CNC(=O)OCC2c3ccccc3-c3ccccc32)OC1(C)C. The molecule has 1 saturated heterocycles. The molecule has 9 heteroatoms. The average Bonchev–Trinajstić information content (AvgIpc) is 3.54. The number of alkyl carbamates (subject to hydrolysis) is 1. The monoisotopic (exact) mass is 522 g/mol. The average molecular weight is 522 g/mol. The number of nitrogens with one attached hydrogen (secondary N) is 2. The van der Waals surface area contributed by atoms with Gasteiger partial charge in [0.15, 0.2) is 5.65 Å². The fourth-order valence-corrected chi connectivity index (χ4v) is 5.19. The lowest BCUT2D eigenvalue weighted by atomic mass is 9.77. The molecule has 6 rings (SSSR count). The summed E-state index contributed by atoms with van der Waals surface area (Å²) in [5.41, 5.74) is 5.77. The first-order valence-corrected chi connectivity index (χ1v) is 13.2. The minimum absolute atomic E-state index is 0.00915. The number of carbonyl (C=O) groups is 1. The summed E-state index contributed by atoms with van der Waals surface area (Å²) in [4.78, 5) is 17.2. The third-order valence-electron chi connectivity index (χ3n) is 8.03. The molecule has 198 valence electrons. The number of pyridine rings is 1. The number of benzene rings is 2. The highest BCUT2D eigenvalue weighted by Gasteiger charge is 2.52. The maximum atomic E-state index is 12.9. The predicted molar refractivity (Wildman–Crippen MR) is 151 cm³/mol. The first-order chi connectivity index (χ1) is 18.7. The van der Waals surface area contributed by atoms with E-state index in [0.717, 1.165) is 16.6 Å². The molecule has 0 unspecified atom stereocenters. The molecule has 8 nitrogen and oxygen atoms in total. The number of nitrogens with zero attached hydrogens (tertiary/aromatic N) is 2. The molecule has 1 amide bonds. The number of hydrogen-bond donors (Lipinski definition) is 2. The summed E-state index contributed by atoms with van der Waals surface area (Å²) < 4.78 is 18.4. The van der Waals surface area contributed by atoms with E-state index in [1.54, 1.807) is 6.20 Å². The van der Waals surface area contributed by atoms with Crippen LogP contribution in [-0.4, -0.2) is 52.7 Å². The Hall–Kier alpha value is -3.95. The van der Waals surface area contributed by atoms with Crippen molar-refractivity contribution in [1.29, 1.82) is 0 Å². The van der Waals surface area contributed by atoms with Crippen LogP contribution in [0.15, 0.2) is 72.3 Å². The Balaban J connectivity index is 1.19. The van der Waals surface area contributed by atoms with Gasteiger partial charge in [-0.1, -0.05) is 48.5 Å². The standard InChI is InChI=1S/C30H31BN4O4/c1-29(2)30(3,4)39-31(38-29)19(16-26-24-14-9-15-32-27(24)35-34-26)17-33-28(36)37-18-25-22-12-7-5-10-20(22)21-11-6-8-13-23(21)25/h5-16,25H,17-18H2,1-4H3,(H,33,36)(H,32,34,35). The van der Waals surface area contributed by atoms with Gasteiger partial charge in [0.1, 0.15) is 6.61 Å². The van der Waals surface area contributed by atoms with Crippen LogP contribution in [0.2, 0.25) is 0 Å². The number of carbonyl (C=O) groups excluding carboxylic acids is 1. The first-order valence-electron chi connectivity index (χ1n) is 13.2. The van der Waals surface area contributed by atoms with E-state index < -0.39 is 24.4 Å². The van der Waals surface area contributed by atoms with Gasteiger partial charge in [0.2, 0.25) is 0 Å². The number of aromatic nitrogens is 3. The van der Waals surface area contributed by atoms with Crippen molar-refractivity contribution in [3.63, 3.8) is 0 Å². The number of ether oxygens (including phenoxy) is 1. The fourth-order valence-electron chi connectivity index (χ4n) is 5.19. The highest BCUT2D eigenvalue weighted by molar-refractivity contribution is 6.56. The Labute approximate surface area is 227 Å². The molecule has 0 bridgehead atoms. The van der Waals surface area contributed by atoms with Gasteiger partial charge in [0, 0.05) is 24.0 Å². The van der Waals surface area contributed by atoms with E-state index >= 15 is 0 Å². The molecule has 1 fully saturated rings. The maximum absolute atomic E-state index is 12.9. The Morgan fingerprint density at radius 3 is 2.31 bits per heavy atom. The van der Waals surface area contributed by atoms with Crippen molar-refractivity contribution >= 4 is 30.3 Å². The van der Waals surface area contributed by atoms with Gasteiger partial charge in [-0.15, -0.1) is 0 Å². The summed E-state index contributed by atoms with van der Waals surface area (Å²) in [5.74, 6) is -0.00915. The van der Waals surface area contributed by atoms with Crippen LogP contribution in [0.25, 0.3) is 28.2 Å². The van der Waals surface area contributed by atoms with Gasteiger partial charge in [-0.3, -0.25) is 5.10 Å². The zero-order valence-electron chi connectivity index (χ0n) is 22.5. The number of rotatable bonds is 6. The number of H-pyrrole nitrogens is 1. The second kappa shape index (κ2) is 9.66. The van der Waals surface area contributed by atoms with Crippen LogP contribution in [0.3, 0.4) is 0 Å². The summed E-state index contributed by atoms with van der Waals surface area (Å²) in [6.07, 6.45) is 3.10. The normalized spacial score (nSPS) is 17.7. The Kier molecular flexibility index (Phi) is 6.28. The number of aromatic amines is 1. The molecule has 2 aromatic carbocycles. The van der Waals surface area contributed by atoms with Crippen molar-refractivity contribution in [2.24, 2.45) is 0 Å². The molecule has 39 heavy (non-hydrogen) atoms. The van der Waals surface area contributed by atoms with Gasteiger partial charge >= 0.3 is 13.2 Å². The van der Waals surface area contributed by atoms with Crippen LogP contribution in [0.4, 0.5) is 4.79 Å². The molecule has 2 N–H and O–H groups in total. The zero-order valence-corrected chi connectivity index (χ0v) is 22.5. The summed E-state index contributed by atoms with van der Waals surface area (Å²) in [5, 5.41) is 11.1. The van der Waals surface area contributed by atoms with Crippen LogP contribution in [0.5, 0.6) is 0 Å². The van der Waals surface area contributed by atoms with Crippen molar-refractivity contribution in [2.75, 3.05) is 13.2 Å². The fraction of sp³-hybridized carbons (Fsp3) is 0.300. The van der Waals surface area contributed by atoms with Gasteiger partial charge in [-0.2, -0.15) is 5.10 Å². The third kappa shape index (κ3) is 4.62. The van der Waals surface area contributed by atoms with Crippen molar-refractivity contribution < 1.29 is 18.8 Å². The third-order valence-corrected chi connectivity index (χ3v) is 8.03. The molecule has 0 radical (unpaired) electrons. The summed E-state index contributed by atoms with van der Waals surface area (Å²) in [6.45, 7) is 8.41. The van der Waals surface area contributed by atoms with Gasteiger partial charge in [-0.25, -0.2) is 9.78 Å². The minimum atomic E-state index is -0.654. The van der Waals surface area contributed by atoms with Crippen LogP contribution in [-0.2, 0) is 14.0 Å². The van der Waals surface area contributed by atoms with Crippen LogP contribution < -0.4 is 5.32 Å². The molecular formula is C30H31BN4O4. The molecule has 0 spiro atoms. The topological polar surface area (TPSA) is 98.4 Å². The molecule has 1 aliphatic carbocycles. The largest absolute Gasteiger partial charge is 0.492 e. The van der Waals surface area contributed by atoms with E-state index in [4.69, 9.17) is 14.0 Å². The van der Waals surface area contributed by atoms with Crippen LogP contribution >= 0.6 is 0 Å². The van der Waals surface area contributed by atoms with Crippen molar-refractivity contribution in [3.05, 3.63) is 89.2 Å². The second-order valence-corrected chi connectivity index (χ2v) is 11.0. The molecule has 0 saturated carbocycles.